The third-order valence-corrected chi connectivity index (χ3v) is 3.82. The highest BCUT2D eigenvalue weighted by Gasteiger charge is 2.45. The zero-order valence-electron chi connectivity index (χ0n) is 11.7. The Kier molecular flexibility index (Phi) is 3.93. The number of carbonyl (C=O) groups excluding carboxylic acids is 2. The topological polar surface area (TPSA) is 49.4 Å². The summed E-state index contributed by atoms with van der Waals surface area (Å²) in [5.74, 6) is -4.70. The predicted molar refractivity (Wildman–Crippen MR) is 70.1 cm³/mol. The molecule has 21 heavy (non-hydrogen) atoms. The van der Waals surface area contributed by atoms with Gasteiger partial charge in [-0.15, -0.1) is 0 Å². The van der Waals surface area contributed by atoms with Crippen molar-refractivity contribution in [1.29, 1.82) is 0 Å². The second kappa shape index (κ2) is 5.38. The third-order valence-electron chi connectivity index (χ3n) is 3.82. The summed E-state index contributed by atoms with van der Waals surface area (Å²) in [5.41, 5.74) is -1.58. The van der Waals surface area contributed by atoms with Crippen molar-refractivity contribution in [2.24, 2.45) is 0 Å². The maximum Gasteiger partial charge on any atom is 0.253 e. The van der Waals surface area contributed by atoms with Crippen LogP contribution < -0.4 is 10.2 Å². The second-order valence-electron chi connectivity index (χ2n) is 4.95. The Balaban J connectivity index is 2.50. The molecule has 0 spiro atoms. The van der Waals surface area contributed by atoms with Crippen LogP contribution in [0.1, 0.15) is 26.7 Å². The molecule has 2 amide bonds. The lowest BCUT2D eigenvalue weighted by Crippen LogP contribution is -2.66. The number of piperazine rings is 1. The number of halogens is 3. The molecule has 0 atom stereocenters. The first-order valence-electron chi connectivity index (χ1n) is 6.62. The SMILES string of the molecule is CCC1(CC)NC(=O)CN(c2cc(F)c(F)cc2F)C1=O. The van der Waals surface area contributed by atoms with E-state index in [0.29, 0.717) is 25.0 Å². The van der Waals surface area contributed by atoms with Gasteiger partial charge in [0.15, 0.2) is 11.6 Å². The molecule has 7 heteroatoms. The maximum absolute atomic E-state index is 13.8. The lowest BCUT2D eigenvalue weighted by molar-refractivity contribution is -0.136. The van der Waals surface area contributed by atoms with Crippen molar-refractivity contribution in [2.45, 2.75) is 32.2 Å². The van der Waals surface area contributed by atoms with Gasteiger partial charge in [0.2, 0.25) is 5.91 Å². The van der Waals surface area contributed by atoms with Crippen LogP contribution in [0.3, 0.4) is 0 Å². The molecule has 4 nitrogen and oxygen atoms in total. The van der Waals surface area contributed by atoms with Gasteiger partial charge >= 0.3 is 0 Å². The van der Waals surface area contributed by atoms with E-state index in [4.69, 9.17) is 0 Å². The molecule has 1 saturated heterocycles. The van der Waals surface area contributed by atoms with Gasteiger partial charge in [0, 0.05) is 12.1 Å². The summed E-state index contributed by atoms with van der Waals surface area (Å²) < 4.78 is 40.1. The third kappa shape index (κ3) is 2.48. The summed E-state index contributed by atoms with van der Waals surface area (Å²) in [4.78, 5) is 25.2. The molecule has 0 unspecified atom stereocenters. The summed E-state index contributed by atoms with van der Waals surface area (Å²) in [5, 5.41) is 2.60. The fourth-order valence-corrected chi connectivity index (χ4v) is 2.48. The fourth-order valence-electron chi connectivity index (χ4n) is 2.48. The number of rotatable bonds is 3. The number of anilines is 1. The number of hydrogen-bond acceptors (Lipinski definition) is 2. The van der Waals surface area contributed by atoms with Crippen LogP contribution in [0.2, 0.25) is 0 Å². The molecular weight excluding hydrogens is 285 g/mol. The van der Waals surface area contributed by atoms with Gasteiger partial charge in [-0.25, -0.2) is 13.2 Å². The van der Waals surface area contributed by atoms with Crippen LogP contribution in [-0.4, -0.2) is 23.9 Å². The average Bonchev–Trinajstić information content (AvgIpc) is 2.45. The van der Waals surface area contributed by atoms with Crippen LogP contribution in [-0.2, 0) is 9.59 Å². The van der Waals surface area contributed by atoms with E-state index in [1.165, 1.54) is 0 Å². The Hall–Kier alpha value is -2.05. The summed E-state index contributed by atoms with van der Waals surface area (Å²) >= 11 is 0. The second-order valence-corrected chi connectivity index (χ2v) is 4.95. The van der Waals surface area contributed by atoms with Crippen molar-refractivity contribution in [3.63, 3.8) is 0 Å². The van der Waals surface area contributed by atoms with Crippen molar-refractivity contribution >= 4 is 17.5 Å². The summed E-state index contributed by atoms with van der Waals surface area (Å²) in [7, 11) is 0. The van der Waals surface area contributed by atoms with Crippen LogP contribution in [0.15, 0.2) is 12.1 Å². The highest BCUT2D eigenvalue weighted by Crippen LogP contribution is 2.29. The van der Waals surface area contributed by atoms with Gasteiger partial charge in [-0.05, 0) is 12.8 Å². The standard InChI is InChI=1S/C14H15F3N2O2/c1-3-14(4-2)13(21)19(7-12(20)18-14)11-6-9(16)8(15)5-10(11)17/h5-6H,3-4,7H2,1-2H3,(H,18,20). The van der Waals surface area contributed by atoms with E-state index in [9.17, 15) is 22.8 Å². The molecule has 1 heterocycles. The van der Waals surface area contributed by atoms with Crippen LogP contribution in [0, 0.1) is 17.5 Å². The van der Waals surface area contributed by atoms with Gasteiger partial charge in [0.05, 0.1) is 5.69 Å². The molecule has 1 aromatic carbocycles. The van der Waals surface area contributed by atoms with Gasteiger partial charge in [-0.2, -0.15) is 0 Å². The van der Waals surface area contributed by atoms with E-state index in [-0.39, 0.29) is 0 Å². The van der Waals surface area contributed by atoms with Gasteiger partial charge < -0.3 is 5.32 Å². The van der Waals surface area contributed by atoms with Gasteiger partial charge in [-0.3, -0.25) is 14.5 Å². The zero-order valence-corrected chi connectivity index (χ0v) is 11.7. The molecular formula is C14H15F3N2O2. The van der Waals surface area contributed by atoms with Gasteiger partial charge in [0.1, 0.15) is 17.9 Å². The van der Waals surface area contributed by atoms with Crippen molar-refractivity contribution in [1.82, 2.24) is 5.32 Å². The molecule has 1 fully saturated rings. The van der Waals surface area contributed by atoms with Crippen LogP contribution in [0.25, 0.3) is 0 Å². The van der Waals surface area contributed by atoms with E-state index in [1.807, 2.05) is 0 Å². The van der Waals surface area contributed by atoms with Gasteiger partial charge in [-0.1, -0.05) is 13.8 Å². The number of nitrogens with zero attached hydrogens (tertiary/aromatic N) is 1. The van der Waals surface area contributed by atoms with E-state index in [2.05, 4.69) is 5.32 Å². The minimum absolute atomic E-state index is 0.315. The Bertz CT molecular complexity index is 600. The minimum atomic E-state index is -1.34. The molecule has 0 radical (unpaired) electrons. The van der Waals surface area contributed by atoms with E-state index < -0.39 is 47.0 Å². The van der Waals surface area contributed by atoms with Crippen LogP contribution >= 0.6 is 0 Å². The maximum atomic E-state index is 13.8. The first-order chi connectivity index (χ1) is 9.84. The van der Waals surface area contributed by atoms with Crippen molar-refractivity contribution < 1.29 is 22.8 Å². The van der Waals surface area contributed by atoms with Crippen LogP contribution in [0.4, 0.5) is 18.9 Å². The Labute approximate surface area is 119 Å². The van der Waals surface area contributed by atoms with E-state index >= 15 is 0 Å². The molecule has 0 bridgehead atoms. The molecule has 1 aliphatic rings. The van der Waals surface area contributed by atoms with Crippen molar-refractivity contribution in [3.8, 4) is 0 Å². The monoisotopic (exact) mass is 300 g/mol. The average molecular weight is 300 g/mol. The van der Waals surface area contributed by atoms with Crippen molar-refractivity contribution in [2.75, 3.05) is 11.4 Å². The number of hydrogen-bond donors (Lipinski definition) is 1. The van der Waals surface area contributed by atoms with Gasteiger partial charge in [0.25, 0.3) is 5.91 Å². The summed E-state index contributed by atoms with van der Waals surface area (Å²) in [6, 6.07) is 0.960. The van der Waals surface area contributed by atoms with Crippen LogP contribution in [0.5, 0.6) is 0 Å². The van der Waals surface area contributed by atoms with E-state index in [0.717, 1.165) is 4.90 Å². The summed E-state index contributed by atoms with van der Waals surface area (Å²) in [6.07, 6.45) is 0.631. The van der Waals surface area contributed by atoms with Crippen molar-refractivity contribution in [3.05, 3.63) is 29.6 Å². The zero-order chi connectivity index (χ0) is 15.8. The minimum Gasteiger partial charge on any atom is -0.340 e. The lowest BCUT2D eigenvalue weighted by atomic mass is 9.88. The highest BCUT2D eigenvalue weighted by atomic mass is 19.2. The molecule has 2 rings (SSSR count). The molecule has 0 aromatic heterocycles. The molecule has 1 aromatic rings. The first kappa shape index (κ1) is 15.3. The lowest BCUT2D eigenvalue weighted by Gasteiger charge is -2.41. The molecule has 114 valence electrons. The summed E-state index contributed by atoms with van der Waals surface area (Å²) in [6.45, 7) is 3.00. The number of nitrogens with one attached hydrogen (secondary N) is 1. The Morgan fingerprint density at radius 3 is 2.24 bits per heavy atom. The smallest absolute Gasteiger partial charge is 0.253 e. The Morgan fingerprint density at radius 1 is 1.10 bits per heavy atom. The first-order valence-corrected chi connectivity index (χ1v) is 6.62. The molecule has 1 N–H and O–H groups in total. The normalized spacial score (nSPS) is 17.9. The Morgan fingerprint density at radius 2 is 1.67 bits per heavy atom. The molecule has 0 saturated carbocycles. The largest absolute Gasteiger partial charge is 0.340 e. The molecule has 1 aliphatic heterocycles. The molecule has 0 aliphatic carbocycles. The number of benzene rings is 1. The number of carbonyl (C=O) groups is 2. The highest BCUT2D eigenvalue weighted by molar-refractivity contribution is 6.09. The quantitative estimate of drug-likeness (QED) is 0.869. The number of amides is 2. The van der Waals surface area contributed by atoms with E-state index in [1.54, 1.807) is 13.8 Å². The fraction of sp³-hybridized carbons (Fsp3) is 0.429. The predicted octanol–water partition coefficient (Wildman–Crippen LogP) is 2.13.